The molecule has 1 aromatic heterocycles. The second-order valence-corrected chi connectivity index (χ2v) is 5.65. The number of hydrogen-bond acceptors (Lipinski definition) is 5. The Bertz CT molecular complexity index is 620. The molecule has 0 saturated heterocycles. The van der Waals surface area contributed by atoms with Crippen molar-refractivity contribution in [3.05, 3.63) is 22.7 Å². The molecular formula is C13H19N3O2S. The number of anilines is 2. The molecule has 0 amide bonds. The van der Waals surface area contributed by atoms with Gasteiger partial charge in [0.2, 0.25) is 0 Å². The number of H-pyrrole nitrogens is 1. The van der Waals surface area contributed by atoms with Gasteiger partial charge in [-0.25, -0.2) is 4.79 Å². The molecule has 0 bridgehead atoms. The molecule has 2 rings (SSSR count). The normalized spacial score (nSPS) is 12.8. The van der Waals surface area contributed by atoms with E-state index in [9.17, 15) is 4.79 Å². The van der Waals surface area contributed by atoms with Gasteiger partial charge in [-0.1, -0.05) is 0 Å². The molecule has 1 unspecified atom stereocenters. The van der Waals surface area contributed by atoms with Crippen LogP contribution in [0.5, 0.6) is 0 Å². The Morgan fingerprint density at radius 3 is 2.95 bits per heavy atom. The first-order chi connectivity index (χ1) is 9.02. The smallest absolute Gasteiger partial charge is 0.408 e. The van der Waals surface area contributed by atoms with Gasteiger partial charge in [-0.3, -0.25) is 4.98 Å². The van der Waals surface area contributed by atoms with Crippen LogP contribution in [0.1, 0.15) is 13.3 Å². The molecule has 0 aliphatic heterocycles. The van der Waals surface area contributed by atoms with Gasteiger partial charge < -0.3 is 15.1 Å². The average molecular weight is 281 g/mol. The van der Waals surface area contributed by atoms with Crippen molar-refractivity contribution in [3.8, 4) is 0 Å². The second kappa shape index (κ2) is 5.61. The van der Waals surface area contributed by atoms with Crippen molar-refractivity contribution in [2.45, 2.75) is 19.4 Å². The topological polar surface area (TPSA) is 75.3 Å². The zero-order chi connectivity index (χ0) is 14.0. The largest absolute Gasteiger partial charge is 0.417 e. The average Bonchev–Trinajstić information content (AvgIpc) is 2.73. The molecule has 0 fully saturated rings. The van der Waals surface area contributed by atoms with Crippen molar-refractivity contribution in [3.63, 3.8) is 0 Å². The third-order valence-electron chi connectivity index (χ3n) is 3.35. The molecule has 5 nitrogen and oxygen atoms in total. The predicted molar refractivity (Wildman–Crippen MR) is 82.1 cm³/mol. The van der Waals surface area contributed by atoms with E-state index in [-0.39, 0.29) is 0 Å². The van der Waals surface area contributed by atoms with E-state index in [0.717, 1.165) is 17.9 Å². The molecule has 0 saturated carbocycles. The van der Waals surface area contributed by atoms with Crippen LogP contribution in [0.2, 0.25) is 0 Å². The Hall–Kier alpha value is -1.56. The molecule has 3 N–H and O–H groups in total. The number of aromatic amines is 1. The van der Waals surface area contributed by atoms with E-state index in [0.29, 0.717) is 22.8 Å². The minimum absolute atomic E-state index is 0.380. The van der Waals surface area contributed by atoms with Crippen LogP contribution in [0.15, 0.2) is 21.3 Å². The third-order valence-corrected chi connectivity index (χ3v) is 3.99. The first kappa shape index (κ1) is 13.9. The molecule has 0 aliphatic carbocycles. The van der Waals surface area contributed by atoms with Crippen molar-refractivity contribution >= 4 is 34.2 Å². The fraction of sp³-hybridized carbons (Fsp3) is 0.462. The summed E-state index contributed by atoms with van der Waals surface area (Å²) >= 11 is 1.83. The van der Waals surface area contributed by atoms with E-state index >= 15 is 0 Å². The molecule has 0 aliphatic rings. The van der Waals surface area contributed by atoms with Crippen LogP contribution < -0.4 is 16.4 Å². The van der Waals surface area contributed by atoms with Gasteiger partial charge in [0.1, 0.15) is 0 Å². The zero-order valence-corrected chi connectivity index (χ0v) is 12.2. The van der Waals surface area contributed by atoms with Gasteiger partial charge in [-0.15, -0.1) is 0 Å². The van der Waals surface area contributed by atoms with Gasteiger partial charge in [0.15, 0.2) is 5.58 Å². The second-order valence-electron chi connectivity index (χ2n) is 4.66. The maximum atomic E-state index is 11.2. The minimum Gasteiger partial charge on any atom is -0.408 e. The number of benzene rings is 1. The Balaban J connectivity index is 2.32. The van der Waals surface area contributed by atoms with Crippen LogP contribution in [-0.4, -0.2) is 30.1 Å². The van der Waals surface area contributed by atoms with Crippen molar-refractivity contribution < 1.29 is 4.42 Å². The zero-order valence-electron chi connectivity index (χ0n) is 11.4. The maximum absolute atomic E-state index is 11.2. The lowest BCUT2D eigenvalue weighted by Gasteiger charge is -2.28. The number of nitrogens with two attached hydrogens (primary N) is 1. The highest BCUT2D eigenvalue weighted by Crippen LogP contribution is 2.29. The fourth-order valence-electron chi connectivity index (χ4n) is 2.03. The number of hydrogen-bond donors (Lipinski definition) is 2. The molecular weight excluding hydrogens is 262 g/mol. The Morgan fingerprint density at radius 1 is 1.53 bits per heavy atom. The van der Waals surface area contributed by atoms with Gasteiger partial charge in [0, 0.05) is 19.2 Å². The molecule has 1 heterocycles. The van der Waals surface area contributed by atoms with E-state index in [2.05, 4.69) is 23.1 Å². The Kier molecular flexibility index (Phi) is 4.09. The molecule has 0 radical (unpaired) electrons. The summed E-state index contributed by atoms with van der Waals surface area (Å²) in [5.74, 6) is 0.653. The number of nitrogens with one attached hydrogen (secondary N) is 1. The highest BCUT2D eigenvalue weighted by atomic mass is 32.2. The van der Waals surface area contributed by atoms with Crippen LogP contribution >= 0.6 is 11.8 Å². The summed E-state index contributed by atoms with van der Waals surface area (Å²) in [4.78, 5) is 16.0. The molecule has 0 spiro atoms. The SMILES string of the molecule is CSCCC(C)N(C)c1cc2[nH]c(=O)oc2cc1N. The third kappa shape index (κ3) is 2.89. The summed E-state index contributed by atoms with van der Waals surface area (Å²) in [6.07, 6.45) is 3.18. The van der Waals surface area contributed by atoms with Crippen molar-refractivity contribution in [2.75, 3.05) is 29.7 Å². The first-order valence-corrected chi connectivity index (χ1v) is 7.56. The quantitative estimate of drug-likeness (QED) is 0.822. The van der Waals surface area contributed by atoms with Crippen LogP contribution in [0.25, 0.3) is 11.1 Å². The van der Waals surface area contributed by atoms with E-state index in [1.165, 1.54) is 0 Å². The molecule has 1 aromatic carbocycles. The lowest BCUT2D eigenvalue weighted by molar-refractivity contribution is 0.555. The molecule has 1 atom stereocenters. The number of rotatable bonds is 5. The van der Waals surface area contributed by atoms with Crippen LogP contribution in [0, 0.1) is 0 Å². The lowest BCUT2D eigenvalue weighted by atomic mass is 10.1. The van der Waals surface area contributed by atoms with Gasteiger partial charge in [0.25, 0.3) is 0 Å². The minimum atomic E-state index is -0.454. The summed E-state index contributed by atoms with van der Waals surface area (Å²) in [5.41, 5.74) is 8.75. The highest BCUT2D eigenvalue weighted by molar-refractivity contribution is 7.98. The van der Waals surface area contributed by atoms with Crippen LogP contribution in [0.4, 0.5) is 11.4 Å². The first-order valence-electron chi connectivity index (χ1n) is 6.17. The summed E-state index contributed by atoms with van der Waals surface area (Å²) < 4.78 is 5.00. The summed E-state index contributed by atoms with van der Waals surface area (Å²) in [6.45, 7) is 2.16. The fourth-order valence-corrected chi connectivity index (χ4v) is 2.60. The number of aromatic nitrogens is 1. The Morgan fingerprint density at radius 2 is 2.26 bits per heavy atom. The van der Waals surface area contributed by atoms with Crippen molar-refractivity contribution in [2.24, 2.45) is 0 Å². The number of fused-ring (bicyclic) bond motifs is 1. The summed E-state index contributed by atoms with van der Waals surface area (Å²) in [6, 6.07) is 3.94. The summed E-state index contributed by atoms with van der Waals surface area (Å²) in [5, 5.41) is 0. The predicted octanol–water partition coefficient (Wildman–Crippen LogP) is 2.28. The lowest BCUT2D eigenvalue weighted by Crippen LogP contribution is -2.29. The van der Waals surface area contributed by atoms with E-state index in [4.69, 9.17) is 10.2 Å². The number of nitrogen functional groups attached to an aromatic ring is 1. The molecule has 104 valence electrons. The monoisotopic (exact) mass is 281 g/mol. The highest BCUT2D eigenvalue weighted by Gasteiger charge is 2.14. The standard InChI is InChI=1S/C13H19N3O2S/c1-8(4-5-19-3)16(2)11-7-10-12(6-9(11)14)18-13(17)15-10/h6-8H,4-5,14H2,1-3H3,(H,15,17). The van der Waals surface area contributed by atoms with Crippen molar-refractivity contribution in [1.82, 2.24) is 4.98 Å². The van der Waals surface area contributed by atoms with E-state index < -0.39 is 5.76 Å². The summed E-state index contributed by atoms with van der Waals surface area (Å²) in [7, 11) is 2.01. The Labute approximate surface area is 116 Å². The molecule has 19 heavy (non-hydrogen) atoms. The maximum Gasteiger partial charge on any atom is 0.417 e. The number of nitrogens with zero attached hydrogens (tertiary/aromatic N) is 1. The molecule has 6 heteroatoms. The van der Waals surface area contributed by atoms with Gasteiger partial charge >= 0.3 is 5.76 Å². The van der Waals surface area contributed by atoms with E-state index in [1.54, 1.807) is 6.07 Å². The van der Waals surface area contributed by atoms with Gasteiger partial charge in [0.05, 0.1) is 16.9 Å². The number of thioether (sulfide) groups is 1. The van der Waals surface area contributed by atoms with Crippen LogP contribution in [0.3, 0.4) is 0 Å². The van der Waals surface area contributed by atoms with Gasteiger partial charge in [-0.2, -0.15) is 11.8 Å². The molecule has 2 aromatic rings. The number of oxazole rings is 1. The van der Waals surface area contributed by atoms with Gasteiger partial charge in [-0.05, 0) is 31.4 Å². The van der Waals surface area contributed by atoms with Crippen molar-refractivity contribution in [1.29, 1.82) is 0 Å². The van der Waals surface area contributed by atoms with Crippen LogP contribution in [-0.2, 0) is 0 Å². The van der Waals surface area contributed by atoms with E-state index in [1.807, 2.05) is 24.9 Å².